The quantitative estimate of drug-likeness (QED) is 0.759. The summed E-state index contributed by atoms with van der Waals surface area (Å²) in [6, 6.07) is 0.464. The highest BCUT2D eigenvalue weighted by atomic mass is 32.1. The van der Waals surface area contributed by atoms with E-state index in [0.717, 1.165) is 30.5 Å². The Labute approximate surface area is 127 Å². The highest BCUT2D eigenvalue weighted by Gasteiger charge is 2.19. The summed E-state index contributed by atoms with van der Waals surface area (Å²) in [5.41, 5.74) is 1.07. The zero-order valence-electron chi connectivity index (χ0n) is 13.7. The van der Waals surface area contributed by atoms with Gasteiger partial charge in [-0.2, -0.15) is 0 Å². The van der Waals surface area contributed by atoms with Gasteiger partial charge < -0.3 is 15.0 Å². The molecule has 0 aliphatic carbocycles. The zero-order valence-corrected chi connectivity index (χ0v) is 14.5. The molecule has 0 unspecified atom stereocenters. The molecular weight excluding hydrogens is 270 g/mol. The summed E-state index contributed by atoms with van der Waals surface area (Å²) in [7, 11) is 1.73. The van der Waals surface area contributed by atoms with Crippen molar-refractivity contribution < 1.29 is 4.74 Å². The maximum absolute atomic E-state index is 5.28. The second-order valence-corrected chi connectivity index (χ2v) is 6.78. The van der Waals surface area contributed by atoms with Crippen molar-refractivity contribution in [2.75, 3.05) is 25.1 Å². The monoisotopic (exact) mass is 299 g/mol. The van der Waals surface area contributed by atoms with Crippen LogP contribution in [0.25, 0.3) is 0 Å². The minimum absolute atomic E-state index is 0.464. The Bertz CT molecular complexity index is 390. The molecule has 1 heterocycles. The predicted octanol–water partition coefficient (Wildman–Crippen LogP) is 3.27. The van der Waals surface area contributed by atoms with E-state index in [1.807, 2.05) is 0 Å². The van der Waals surface area contributed by atoms with Crippen LogP contribution in [0.4, 0.5) is 5.13 Å². The molecule has 1 aromatic rings. The van der Waals surface area contributed by atoms with Crippen LogP contribution in [0.2, 0.25) is 0 Å². The van der Waals surface area contributed by atoms with E-state index in [1.54, 1.807) is 18.4 Å². The Hall–Kier alpha value is -0.650. The summed E-state index contributed by atoms with van der Waals surface area (Å²) in [5, 5.41) is 4.50. The Morgan fingerprint density at radius 2 is 2.00 bits per heavy atom. The van der Waals surface area contributed by atoms with Gasteiger partial charge in [0.15, 0.2) is 5.13 Å². The molecular formula is C15H29N3OS. The Morgan fingerprint density at radius 3 is 2.50 bits per heavy atom. The summed E-state index contributed by atoms with van der Waals surface area (Å²) >= 11 is 1.79. The fourth-order valence-corrected chi connectivity index (χ4v) is 3.20. The largest absolute Gasteiger partial charge is 0.378 e. The van der Waals surface area contributed by atoms with Gasteiger partial charge in [-0.25, -0.2) is 4.98 Å². The molecule has 0 bridgehead atoms. The lowest BCUT2D eigenvalue weighted by molar-refractivity contribution is 0.181. The van der Waals surface area contributed by atoms with Gasteiger partial charge in [0, 0.05) is 31.1 Å². The molecule has 0 fully saturated rings. The molecule has 20 heavy (non-hydrogen) atoms. The number of nitrogens with one attached hydrogen (secondary N) is 1. The van der Waals surface area contributed by atoms with Gasteiger partial charge in [0.1, 0.15) is 0 Å². The first-order chi connectivity index (χ1) is 9.49. The molecule has 0 amide bonds. The SMILES string of the molecule is CCNCc1sc(N(CC(C)C)C(C)C)nc1COC. The molecule has 0 saturated carbocycles. The maximum Gasteiger partial charge on any atom is 0.186 e. The summed E-state index contributed by atoms with van der Waals surface area (Å²) in [6.45, 7) is 14.5. The molecule has 1 N–H and O–H groups in total. The third kappa shape index (κ3) is 5.04. The number of thiazole rings is 1. The minimum Gasteiger partial charge on any atom is -0.378 e. The lowest BCUT2D eigenvalue weighted by Gasteiger charge is -2.27. The van der Waals surface area contributed by atoms with Crippen molar-refractivity contribution in [2.45, 2.75) is 53.8 Å². The molecule has 0 saturated heterocycles. The third-order valence-corrected chi connectivity index (χ3v) is 4.15. The van der Waals surface area contributed by atoms with E-state index in [1.165, 1.54) is 4.88 Å². The Morgan fingerprint density at radius 1 is 1.30 bits per heavy atom. The molecule has 0 radical (unpaired) electrons. The van der Waals surface area contributed by atoms with Crippen LogP contribution in [0.5, 0.6) is 0 Å². The van der Waals surface area contributed by atoms with Crippen LogP contribution < -0.4 is 10.2 Å². The first-order valence-electron chi connectivity index (χ1n) is 7.44. The third-order valence-electron chi connectivity index (χ3n) is 3.01. The molecule has 5 heteroatoms. The molecule has 0 aliphatic rings. The molecule has 116 valence electrons. The van der Waals surface area contributed by atoms with E-state index in [9.17, 15) is 0 Å². The Kier molecular flexibility index (Phi) is 7.48. The first kappa shape index (κ1) is 17.4. The molecule has 0 spiro atoms. The average molecular weight is 299 g/mol. The van der Waals surface area contributed by atoms with Gasteiger partial charge in [0.25, 0.3) is 0 Å². The van der Waals surface area contributed by atoms with Gasteiger partial charge in [-0.3, -0.25) is 0 Å². The molecule has 0 atom stereocenters. The van der Waals surface area contributed by atoms with Crippen LogP contribution in [-0.4, -0.2) is 31.2 Å². The molecule has 0 aromatic carbocycles. The molecule has 1 rings (SSSR count). The van der Waals surface area contributed by atoms with E-state index in [2.05, 4.69) is 44.8 Å². The highest BCUT2D eigenvalue weighted by Crippen LogP contribution is 2.29. The topological polar surface area (TPSA) is 37.4 Å². The highest BCUT2D eigenvalue weighted by molar-refractivity contribution is 7.15. The number of aromatic nitrogens is 1. The fraction of sp³-hybridized carbons (Fsp3) is 0.800. The molecule has 1 aromatic heterocycles. The van der Waals surface area contributed by atoms with E-state index in [0.29, 0.717) is 18.6 Å². The smallest absolute Gasteiger partial charge is 0.186 e. The van der Waals surface area contributed by atoms with Gasteiger partial charge in [0.2, 0.25) is 0 Å². The van der Waals surface area contributed by atoms with Crippen LogP contribution in [0.3, 0.4) is 0 Å². The normalized spacial score (nSPS) is 11.6. The number of hydrogen-bond acceptors (Lipinski definition) is 5. The average Bonchev–Trinajstić information content (AvgIpc) is 2.76. The predicted molar refractivity (Wildman–Crippen MR) is 87.5 cm³/mol. The van der Waals surface area contributed by atoms with Crippen molar-refractivity contribution in [3.05, 3.63) is 10.6 Å². The lowest BCUT2D eigenvalue weighted by atomic mass is 10.2. The Balaban J connectivity index is 2.96. The van der Waals surface area contributed by atoms with Crippen molar-refractivity contribution in [3.8, 4) is 0 Å². The number of methoxy groups -OCH3 is 1. The summed E-state index contributed by atoms with van der Waals surface area (Å²) in [4.78, 5) is 8.49. The lowest BCUT2D eigenvalue weighted by Crippen LogP contribution is -2.34. The maximum atomic E-state index is 5.28. The number of rotatable bonds is 9. The van der Waals surface area contributed by atoms with Gasteiger partial charge >= 0.3 is 0 Å². The summed E-state index contributed by atoms with van der Waals surface area (Å²) < 4.78 is 5.28. The molecule has 0 aliphatic heterocycles. The van der Waals surface area contributed by atoms with Crippen LogP contribution in [-0.2, 0) is 17.9 Å². The van der Waals surface area contributed by atoms with Crippen molar-refractivity contribution in [2.24, 2.45) is 5.92 Å². The van der Waals surface area contributed by atoms with Gasteiger partial charge in [-0.15, -0.1) is 11.3 Å². The van der Waals surface area contributed by atoms with E-state index in [4.69, 9.17) is 9.72 Å². The summed E-state index contributed by atoms with van der Waals surface area (Å²) in [5.74, 6) is 0.629. The number of nitrogens with zero attached hydrogens (tertiary/aromatic N) is 2. The van der Waals surface area contributed by atoms with Crippen molar-refractivity contribution in [1.82, 2.24) is 10.3 Å². The zero-order chi connectivity index (χ0) is 15.1. The fourth-order valence-electron chi connectivity index (χ4n) is 2.02. The van der Waals surface area contributed by atoms with Crippen LogP contribution in [0.1, 0.15) is 45.2 Å². The van der Waals surface area contributed by atoms with Gasteiger partial charge in [0.05, 0.1) is 12.3 Å². The van der Waals surface area contributed by atoms with Crippen molar-refractivity contribution in [1.29, 1.82) is 0 Å². The van der Waals surface area contributed by atoms with Crippen LogP contribution in [0, 0.1) is 5.92 Å². The number of anilines is 1. The van der Waals surface area contributed by atoms with Crippen LogP contribution in [0.15, 0.2) is 0 Å². The standard InChI is InChI=1S/C15H29N3OS/c1-7-16-8-14-13(10-19-6)17-15(20-14)18(12(4)5)9-11(2)3/h11-12,16H,7-10H2,1-6H3. The number of ether oxygens (including phenoxy) is 1. The van der Waals surface area contributed by atoms with Crippen molar-refractivity contribution in [3.63, 3.8) is 0 Å². The van der Waals surface area contributed by atoms with Crippen LogP contribution >= 0.6 is 11.3 Å². The summed E-state index contributed by atoms with van der Waals surface area (Å²) in [6.07, 6.45) is 0. The molecule has 4 nitrogen and oxygen atoms in total. The van der Waals surface area contributed by atoms with E-state index >= 15 is 0 Å². The van der Waals surface area contributed by atoms with E-state index in [-0.39, 0.29) is 0 Å². The number of hydrogen-bond donors (Lipinski definition) is 1. The second kappa shape index (κ2) is 8.60. The minimum atomic E-state index is 0.464. The second-order valence-electron chi connectivity index (χ2n) is 5.72. The first-order valence-corrected chi connectivity index (χ1v) is 8.26. The van der Waals surface area contributed by atoms with Gasteiger partial charge in [-0.1, -0.05) is 20.8 Å². The van der Waals surface area contributed by atoms with E-state index < -0.39 is 0 Å². The van der Waals surface area contributed by atoms with Gasteiger partial charge in [-0.05, 0) is 26.3 Å². The van der Waals surface area contributed by atoms with Crippen molar-refractivity contribution >= 4 is 16.5 Å².